The lowest BCUT2D eigenvalue weighted by molar-refractivity contribution is -0.384. The first-order valence-corrected chi connectivity index (χ1v) is 9.65. The van der Waals surface area contributed by atoms with E-state index in [2.05, 4.69) is 5.32 Å². The Balaban J connectivity index is 1.67. The molecule has 9 nitrogen and oxygen atoms in total. The van der Waals surface area contributed by atoms with Crippen LogP contribution in [0.3, 0.4) is 0 Å². The molecule has 1 fully saturated rings. The second kappa shape index (κ2) is 8.12. The van der Waals surface area contributed by atoms with E-state index < -0.39 is 22.8 Å². The van der Waals surface area contributed by atoms with Gasteiger partial charge in [0.1, 0.15) is 17.1 Å². The Labute approximate surface area is 186 Å². The molecule has 4 amide bonds. The van der Waals surface area contributed by atoms with Gasteiger partial charge in [-0.05, 0) is 55.0 Å². The van der Waals surface area contributed by atoms with E-state index in [0.29, 0.717) is 21.9 Å². The summed E-state index contributed by atoms with van der Waals surface area (Å²) < 4.78 is 5.68. The quantitative estimate of drug-likeness (QED) is 0.270. The van der Waals surface area contributed by atoms with Crippen LogP contribution in [-0.4, -0.2) is 22.8 Å². The lowest BCUT2D eigenvalue weighted by atomic mass is 10.1. The largest absolute Gasteiger partial charge is 0.457 e. The summed E-state index contributed by atoms with van der Waals surface area (Å²) in [6.07, 6.45) is 1.23. The molecule has 1 aliphatic heterocycles. The summed E-state index contributed by atoms with van der Waals surface area (Å²) >= 11 is 6.11. The highest BCUT2D eigenvalue weighted by molar-refractivity contribution is 6.39. The average molecular weight is 452 g/mol. The lowest BCUT2D eigenvalue weighted by Crippen LogP contribution is -2.54. The number of non-ortho nitro benzene ring substituents is 1. The van der Waals surface area contributed by atoms with E-state index >= 15 is 0 Å². The van der Waals surface area contributed by atoms with E-state index in [1.165, 1.54) is 36.4 Å². The van der Waals surface area contributed by atoms with E-state index in [4.69, 9.17) is 16.0 Å². The molecule has 0 unspecified atom stereocenters. The third-order valence-electron chi connectivity index (χ3n) is 4.86. The smallest absolute Gasteiger partial charge is 0.335 e. The van der Waals surface area contributed by atoms with Crippen LogP contribution >= 0.6 is 11.6 Å². The van der Waals surface area contributed by atoms with Gasteiger partial charge in [0, 0.05) is 22.7 Å². The maximum Gasteiger partial charge on any atom is 0.335 e. The number of furan rings is 1. The first-order valence-electron chi connectivity index (χ1n) is 9.27. The molecule has 0 saturated carbocycles. The molecule has 2 aromatic carbocycles. The average Bonchev–Trinajstić information content (AvgIpc) is 3.23. The Morgan fingerprint density at radius 2 is 1.78 bits per heavy atom. The Morgan fingerprint density at radius 3 is 2.47 bits per heavy atom. The molecule has 1 N–H and O–H groups in total. The molecule has 3 aromatic rings. The van der Waals surface area contributed by atoms with Crippen LogP contribution in [0.25, 0.3) is 17.4 Å². The summed E-state index contributed by atoms with van der Waals surface area (Å²) in [6, 6.07) is 12.7. The highest BCUT2D eigenvalue weighted by Gasteiger charge is 2.37. The molecule has 0 aliphatic carbocycles. The second-order valence-corrected chi connectivity index (χ2v) is 7.26. The summed E-state index contributed by atoms with van der Waals surface area (Å²) in [7, 11) is 0. The number of imide groups is 2. The zero-order chi connectivity index (χ0) is 23.0. The molecule has 0 atom stereocenters. The number of amides is 4. The highest BCUT2D eigenvalue weighted by atomic mass is 35.5. The predicted octanol–water partition coefficient (Wildman–Crippen LogP) is 4.48. The summed E-state index contributed by atoms with van der Waals surface area (Å²) in [5.41, 5.74) is 0.974. The van der Waals surface area contributed by atoms with Crippen LogP contribution < -0.4 is 10.2 Å². The van der Waals surface area contributed by atoms with E-state index in [1.807, 2.05) is 0 Å². The fraction of sp³-hybridized carbons (Fsp3) is 0.0455. The number of carbonyl (C=O) groups excluding carboxylic acids is 3. The van der Waals surface area contributed by atoms with Gasteiger partial charge in [0.2, 0.25) is 0 Å². The molecule has 1 saturated heterocycles. The molecule has 32 heavy (non-hydrogen) atoms. The Morgan fingerprint density at radius 1 is 1.06 bits per heavy atom. The van der Waals surface area contributed by atoms with Gasteiger partial charge < -0.3 is 4.42 Å². The van der Waals surface area contributed by atoms with E-state index in [0.717, 1.165) is 4.90 Å². The Kier molecular flexibility index (Phi) is 5.33. The molecule has 2 heterocycles. The maximum absolute atomic E-state index is 13.0. The van der Waals surface area contributed by atoms with Crippen LogP contribution in [0.2, 0.25) is 5.02 Å². The van der Waals surface area contributed by atoms with Crippen molar-refractivity contribution in [2.24, 2.45) is 0 Å². The lowest BCUT2D eigenvalue weighted by Gasteiger charge is -2.27. The molecule has 1 aromatic heterocycles. The minimum atomic E-state index is -0.881. The number of nitrogens with zero attached hydrogens (tertiary/aromatic N) is 2. The van der Waals surface area contributed by atoms with E-state index in [9.17, 15) is 24.5 Å². The van der Waals surface area contributed by atoms with Crippen LogP contribution in [0, 0.1) is 17.0 Å². The number of nitro benzene ring substituents is 1. The number of nitrogens with one attached hydrogen (secondary N) is 1. The Bertz CT molecular complexity index is 1310. The number of carbonyl (C=O) groups is 3. The van der Waals surface area contributed by atoms with Crippen molar-refractivity contribution in [1.29, 1.82) is 0 Å². The number of anilines is 1. The topological polar surface area (TPSA) is 123 Å². The maximum atomic E-state index is 13.0. The normalized spacial score (nSPS) is 15.2. The highest BCUT2D eigenvalue weighted by Crippen LogP contribution is 2.30. The van der Waals surface area contributed by atoms with Crippen molar-refractivity contribution in [2.45, 2.75) is 6.92 Å². The first kappa shape index (κ1) is 21.0. The minimum absolute atomic E-state index is 0.0619. The van der Waals surface area contributed by atoms with Crippen molar-refractivity contribution in [2.75, 3.05) is 4.90 Å². The number of halogens is 1. The summed E-state index contributed by atoms with van der Waals surface area (Å²) in [4.78, 5) is 48.9. The van der Waals surface area contributed by atoms with Gasteiger partial charge >= 0.3 is 6.03 Å². The van der Waals surface area contributed by atoms with Crippen LogP contribution in [0.4, 0.5) is 16.2 Å². The van der Waals surface area contributed by atoms with Gasteiger partial charge in [0.25, 0.3) is 17.5 Å². The molecule has 1 aliphatic rings. The Hall–Kier alpha value is -4.24. The molecular weight excluding hydrogens is 438 g/mol. The van der Waals surface area contributed by atoms with Gasteiger partial charge in [0.15, 0.2) is 0 Å². The van der Waals surface area contributed by atoms with Crippen molar-refractivity contribution < 1.29 is 23.7 Å². The zero-order valence-electron chi connectivity index (χ0n) is 16.5. The molecular formula is C22H14ClN3O6. The van der Waals surface area contributed by atoms with Crippen molar-refractivity contribution in [3.63, 3.8) is 0 Å². The molecule has 0 bridgehead atoms. The number of urea groups is 1. The monoisotopic (exact) mass is 451 g/mol. The molecule has 10 heteroatoms. The summed E-state index contributed by atoms with van der Waals surface area (Å²) in [6.45, 7) is 1.65. The van der Waals surface area contributed by atoms with Crippen molar-refractivity contribution in [3.8, 4) is 11.3 Å². The van der Waals surface area contributed by atoms with Crippen molar-refractivity contribution in [1.82, 2.24) is 5.32 Å². The number of hydrogen-bond acceptors (Lipinski definition) is 6. The first-order chi connectivity index (χ1) is 15.3. The second-order valence-electron chi connectivity index (χ2n) is 6.85. The van der Waals surface area contributed by atoms with Crippen LogP contribution in [-0.2, 0) is 9.59 Å². The molecule has 160 valence electrons. The minimum Gasteiger partial charge on any atom is -0.457 e. The number of hydrogen-bond donors (Lipinski definition) is 1. The van der Waals surface area contributed by atoms with Gasteiger partial charge in [0.05, 0.1) is 10.6 Å². The SMILES string of the molecule is Cc1c(Cl)cccc1N1C(=O)NC(=O)/C(=C/c2ccc(-c3ccc([N+](=O)[O-])cc3)o2)C1=O. The standard InChI is InChI=1S/C22H14ClN3O6/c1-12-17(23)3-2-4-18(12)25-21(28)16(20(27)24-22(25)29)11-15-9-10-19(32-15)13-5-7-14(8-6-13)26(30)31/h2-11H,1H3,(H,24,27,29)/b16-11-. The van der Waals surface area contributed by atoms with Crippen molar-refractivity contribution in [3.05, 3.63) is 86.6 Å². The van der Waals surface area contributed by atoms with E-state index in [-0.39, 0.29) is 22.7 Å². The van der Waals surface area contributed by atoms with Gasteiger partial charge in [-0.1, -0.05) is 17.7 Å². The number of barbiturate groups is 1. The number of benzene rings is 2. The third-order valence-corrected chi connectivity index (χ3v) is 5.27. The number of rotatable bonds is 4. The van der Waals surface area contributed by atoms with Crippen LogP contribution in [0.5, 0.6) is 0 Å². The van der Waals surface area contributed by atoms with Gasteiger partial charge in [-0.2, -0.15) is 0 Å². The van der Waals surface area contributed by atoms with Gasteiger partial charge in [-0.3, -0.25) is 25.0 Å². The molecule has 4 rings (SSSR count). The number of nitro groups is 1. The van der Waals surface area contributed by atoms with E-state index in [1.54, 1.807) is 31.2 Å². The van der Waals surface area contributed by atoms with Crippen molar-refractivity contribution >= 4 is 46.9 Å². The fourth-order valence-corrected chi connectivity index (χ4v) is 3.36. The van der Waals surface area contributed by atoms with Gasteiger partial charge in [-0.25, -0.2) is 9.69 Å². The summed E-state index contributed by atoms with van der Waals surface area (Å²) in [5, 5.41) is 13.3. The van der Waals surface area contributed by atoms with Crippen LogP contribution in [0.1, 0.15) is 11.3 Å². The molecule has 0 spiro atoms. The summed E-state index contributed by atoms with van der Waals surface area (Å²) in [5.74, 6) is -1.11. The predicted molar refractivity (Wildman–Crippen MR) is 116 cm³/mol. The third kappa shape index (κ3) is 3.77. The zero-order valence-corrected chi connectivity index (χ0v) is 17.3. The van der Waals surface area contributed by atoms with Gasteiger partial charge in [-0.15, -0.1) is 0 Å². The van der Waals surface area contributed by atoms with Crippen LogP contribution in [0.15, 0.2) is 64.6 Å². The molecule has 0 radical (unpaired) electrons. The fourth-order valence-electron chi connectivity index (χ4n) is 3.19.